The molecule has 1 amide bonds. The van der Waals surface area contributed by atoms with Gasteiger partial charge in [0, 0.05) is 22.8 Å². The van der Waals surface area contributed by atoms with Gasteiger partial charge in [0.15, 0.2) is 0 Å². The average molecular weight is 376 g/mol. The normalized spacial score (nSPS) is 10.9. The number of carbonyl (C=O) groups is 1. The first kappa shape index (κ1) is 17.3. The van der Waals surface area contributed by atoms with E-state index in [9.17, 15) is 4.79 Å². The number of amides is 1. The van der Waals surface area contributed by atoms with Crippen LogP contribution in [0, 0.1) is 6.92 Å². The molecule has 5 heteroatoms. The number of fused-ring (bicyclic) bond motifs is 1. The molecule has 0 atom stereocenters. The van der Waals surface area contributed by atoms with Crippen LogP contribution in [0.2, 0.25) is 5.02 Å². The molecule has 3 aromatic carbocycles. The molecule has 0 fully saturated rings. The summed E-state index contributed by atoms with van der Waals surface area (Å²) in [6.07, 6.45) is 1.78. The van der Waals surface area contributed by atoms with Crippen LogP contribution in [0.25, 0.3) is 16.7 Å². The number of halogens is 1. The fraction of sp³-hybridized carbons (Fsp3) is 0.0909. The standard InChI is InChI=1S/C22H18ClN3O/c1-15-6-9-18(10-7-15)26-14-25-20-12-16(8-11-21(20)26)22(27)24-13-17-4-2-3-5-19(17)23/h2-12,14H,13H2,1H3,(H,24,27). The third-order valence-corrected chi connectivity index (χ3v) is 4.89. The summed E-state index contributed by atoms with van der Waals surface area (Å²) in [5.74, 6) is -0.151. The van der Waals surface area contributed by atoms with Gasteiger partial charge >= 0.3 is 0 Å². The van der Waals surface area contributed by atoms with E-state index in [1.54, 1.807) is 6.33 Å². The predicted octanol–water partition coefficient (Wildman–Crippen LogP) is 4.92. The molecule has 4 aromatic rings. The molecule has 4 rings (SSSR count). The van der Waals surface area contributed by atoms with Gasteiger partial charge in [-0.25, -0.2) is 4.98 Å². The highest BCUT2D eigenvalue weighted by Crippen LogP contribution is 2.20. The molecule has 0 aliphatic rings. The van der Waals surface area contributed by atoms with Crippen LogP contribution in [0.3, 0.4) is 0 Å². The van der Waals surface area contributed by atoms with Crippen molar-refractivity contribution in [3.05, 3.63) is 94.8 Å². The van der Waals surface area contributed by atoms with Gasteiger partial charge in [-0.05, 0) is 48.9 Å². The lowest BCUT2D eigenvalue weighted by Crippen LogP contribution is -2.22. The first-order chi connectivity index (χ1) is 13.1. The number of nitrogens with zero attached hydrogens (tertiary/aromatic N) is 2. The minimum Gasteiger partial charge on any atom is -0.348 e. The maximum absolute atomic E-state index is 12.5. The number of nitrogens with one attached hydrogen (secondary N) is 1. The molecule has 27 heavy (non-hydrogen) atoms. The van der Waals surface area contributed by atoms with Crippen LogP contribution in [0.5, 0.6) is 0 Å². The minimum absolute atomic E-state index is 0.151. The van der Waals surface area contributed by atoms with E-state index >= 15 is 0 Å². The van der Waals surface area contributed by atoms with Crippen molar-refractivity contribution in [2.75, 3.05) is 0 Å². The summed E-state index contributed by atoms with van der Waals surface area (Å²) >= 11 is 6.14. The molecule has 4 nitrogen and oxygen atoms in total. The van der Waals surface area contributed by atoms with Crippen molar-refractivity contribution in [2.24, 2.45) is 0 Å². The largest absolute Gasteiger partial charge is 0.348 e. The molecule has 0 radical (unpaired) electrons. The van der Waals surface area contributed by atoms with Crippen LogP contribution in [0.15, 0.2) is 73.1 Å². The zero-order chi connectivity index (χ0) is 18.8. The summed E-state index contributed by atoms with van der Waals surface area (Å²) in [6.45, 7) is 2.44. The fourth-order valence-corrected chi connectivity index (χ4v) is 3.19. The van der Waals surface area contributed by atoms with Crippen LogP contribution in [-0.2, 0) is 6.54 Å². The molecule has 0 aliphatic carbocycles. The van der Waals surface area contributed by atoms with Crippen LogP contribution < -0.4 is 5.32 Å². The van der Waals surface area contributed by atoms with Gasteiger partial charge in [0.1, 0.15) is 6.33 Å². The monoisotopic (exact) mass is 375 g/mol. The lowest BCUT2D eigenvalue weighted by Gasteiger charge is -2.08. The molecule has 0 aliphatic heterocycles. The van der Waals surface area contributed by atoms with Crippen molar-refractivity contribution < 1.29 is 4.79 Å². The van der Waals surface area contributed by atoms with E-state index in [-0.39, 0.29) is 5.91 Å². The Balaban J connectivity index is 1.56. The maximum Gasteiger partial charge on any atom is 0.251 e. The van der Waals surface area contributed by atoms with E-state index in [1.807, 2.05) is 47.0 Å². The molecule has 0 unspecified atom stereocenters. The number of aryl methyl sites for hydroxylation is 1. The Kier molecular flexibility index (Phi) is 4.65. The number of hydrogen-bond donors (Lipinski definition) is 1. The first-order valence-electron chi connectivity index (χ1n) is 8.67. The Morgan fingerprint density at radius 2 is 1.85 bits per heavy atom. The summed E-state index contributed by atoms with van der Waals surface area (Å²) in [7, 11) is 0. The van der Waals surface area contributed by atoms with Crippen molar-refractivity contribution in [3.63, 3.8) is 0 Å². The summed E-state index contributed by atoms with van der Waals surface area (Å²) in [5, 5.41) is 3.55. The third kappa shape index (κ3) is 3.57. The summed E-state index contributed by atoms with van der Waals surface area (Å²) < 4.78 is 2.01. The predicted molar refractivity (Wildman–Crippen MR) is 108 cm³/mol. The lowest BCUT2D eigenvalue weighted by atomic mass is 10.1. The number of hydrogen-bond acceptors (Lipinski definition) is 2. The highest BCUT2D eigenvalue weighted by atomic mass is 35.5. The molecular formula is C22H18ClN3O. The number of carbonyl (C=O) groups excluding carboxylic acids is 1. The Bertz CT molecular complexity index is 1120. The zero-order valence-electron chi connectivity index (χ0n) is 14.8. The van der Waals surface area contributed by atoms with Gasteiger partial charge in [0.2, 0.25) is 0 Å². The second-order valence-corrected chi connectivity index (χ2v) is 6.83. The number of imidazole rings is 1. The molecule has 0 bridgehead atoms. The molecule has 1 N–H and O–H groups in total. The van der Waals surface area contributed by atoms with E-state index in [2.05, 4.69) is 41.5 Å². The molecule has 134 valence electrons. The van der Waals surface area contributed by atoms with Crippen molar-refractivity contribution in [1.29, 1.82) is 0 Å². The Hall–Kier alpha value is -3.11. The lowest BCUT2D eigenvalue weighted by molar-refractivity contribution is 0.0951. The van der Waals surface area contributed by atoms with Gasteiger partial charge < -0.3 is 5.32 Å². The molecule has 1 heterocycles. The molecule has 1 aromatic heterocycles. The smallest absolute Gasteiger partial charge is 0.251 e. The van der Waals surface area contributed by atoms with Gasteiger partial charge in [0.25, 0.3) is 5.91 Å². The molecular weight excluding hydrogens is 358 g/mol. The summed E-state index contributed by atoms with van der Waals surface area (Å²) in [5.41, 5.74) is 5.45. The number of rotatable bonds is 4. The van der Waals surface area contributed by atoms with Gasteiger partial charge in [-0.1, -0.05) is 47.5 Å². The van der Waals surface area contributed by atoms with Crippen molar-refractivity contribution >= 4 is 28.5 Å². The number of aromatic nitrogens is 2. The van der Waals surface area contributed by atoms with E-state index in [0.29, 0.717) is 17.1 Å². The number of benzene rings is 3. The minimum atomic E-state index is -0.151. The summed E-state index contributed by atoms with van der Waals surface area (Å²) in [4.78, 5) is 17.0. The van der Waals surface area contributed by atoms with E-state index < -0.39 is 0 Å². The maximum atomic E-state index is 12.5. The Morgan fingerprint density at radius 3 is 2.63 bits per heavy atom. The second kappa shape index (κ2) is 7.25. The van der Waals surface area contributed by atoms with E-state index in [0.717, 1.165) is 22.3 Å². The van der Waals surface area contributed by atoms with Crippen molar-refractivity contribution in [1.82, 2.24) is 14.9 Å². The van der Waals surface area contributed by atoms with Crippen molar-refractivity contribution in [2.45, 2.75) is 13.5 Å². The van der Waals surface area contributed by atoms with E-state index in [4.69, 9.17) is 11.6 Å². The van der Waals surface area contributed by atoms with Crippen molar-refractivity contribution in [3.8, 4) is 5.69 Å². The third-order valence-electron chi connectivity index (χ3n) is 4.52. The highest BCUT2D eigenvalue weighted by Gasteiger charge is 2.10. The first-order valence-corrected chi connectivity index (χ1v) is 9.05. The molecule has 0 saturated heterocycles. The van der Waals surface area contributed by atoms with Gasteiger partial charge in [0.05, 0.1) is 11.0 Å². The average Bonchev–Trinajstić information content (AvgIpc) is 3.11. The van der Waals surface area contributed by atoms with E-state index in [1.165, 1.54) is 5.56 Å². The second-order valence-electron chi connectivity index (χ2n) is 6.43. The van der Waals surface area contributed by atoms with Crippen LogP contribution in [0.4, 0.5) is 0 Å². The Labute approximate surface area is 162 Å². The van der Waals surface area contributed by atoms with Gasteiger partial charge in [-0.3, -0.25) is 9.36 Å². The van der Waals surface area contributed by atoms with Crippen LogP contribution in [0.1, 0.15) is 21.5 Å². The van der Waals surface area contributed by atoms with Gasteiger partial charge in [-0.15, -0.1) is 0 Å². The van der Waals surface area contributed by atoms with Crippen LogP contribution >= 0.6 is 11.6 Å². The zero-order valence-corrected chi connectivity index (χ0v) is 15.6. The SMILES string of the molecule is Cc1ccc(-n2cnc3cc(C(=O)NCc4ccccc4Cl)ccc32)cc1. The quantitative estimate of drug-likeness (QED) is 0.550. The van der Waals surface area contributed by atoms with Crippen LogP contribution in [-0.4, -0.2) is 15.5 Å². The summed E-state index contributed by atoms with van der Waals surface area (Å²) in [6, 6.07) is 21.3. The Morgan fingerprint density at radius 1 is 1.07 bits per heavy atom. The van der Waals surface area contributed by atoms with Gasteiger partial charge in [-0.2, -0.15) is 0 Å². The topological polar surface area (TPSA) is 46.9 Å². The molecule has 0 spiro atoms. The molecule has 0 saturated carbocycles. The fourth-order valence-electron chi connectivity index (χ4n) is 2.98. The highest BCUT2D eigenvalue weighted by molar-refractivity contribution is 6.31.